The lowest BCUT2D eigenvalue weighted by Gasteiger charge is -2.10. The molecule has 0 aliphatic rings. The van der Waals surface area contributed by atoms with Crippen molar-refractivity contribution in [1.29, 1.82) is 0 Å². The van der Waals surface area contributed by atoms with Crippen LogP contribution in [-0.4, -0.2) is 21.6 Å². The molecule has 146 valence electrons. The Labute approximate surface area is 172 Å². The summed E-state index contributed by atoms with van der Waals surface area (Å²) in [5, 5.41) is 4.94. The molecule has 1 aromatic carbocycles. The molecule has 3 aromatic rings. The third-order valence-electron chi connectivity index (χ3n) is 3.50. The molecule has 0 radical (unpaired) electrons. The molecule has 1 N–H and O–H groups in total. The summed E-state index contributed by atoms with van der Waals surface area (Å²) in [5.41, 5.74) is 0.00872. The smallest absolute Gasteiger partial charge is 0.351 e. The Hall–Kier alpha value is -2.10. The molecule has 0 saturated heterocycles. The fourth-order valence-corrected chi connectivity index (χ4v) is 3.67. The molecule has 0 spiro atoms. The van der Waals surface area contributed by atoms with Crippen LogP contribution in [0, 0.1) is 0 Å². The molecule has 1 amide bonds. The van der Waals surface area contributed by atoms with E-state index in [9.17, 15) is 18.0 Å². The molecular formula is C18H13ClF3N3OS2. The Bertz CT molecular complexity index is 948. The molecule has 0 atom stereocenters. The number of alkyl halides is 3. The van der Waals surface area contributed by atoms with Crippen molar-refractivity contribution < 1.29 is 18.0 Å². The van der Waals surface area contributed by atoms with E-state index in [1.54, 1.807) is 41.8 Å². The van der Waals surface area contributed by atoms with Crippen molar-refractivity contribution in [3.63, 3.8) is 0 Å². The number of nitrogens with one attached hydrogen (secondary N) is 1. The van der Waals surface area contributed by atoms with Crippen LogP contribution in [0.2, 0.25) is 5.02 Å². The van der Waals surface area contributed by atoms with Crippen LogP contribution in [0.3, 0.4) is 0 Å². The highest BCUT2D eigenvalue weighted by molar-refractivity contribution is 7.99. The van der Waals surface area contributed by atoms with Crippen molar-refractivity contribution in [2.24, 2.45) is 0 Å². The largest absolute Gasteiger partial charge is 0.433 e. The number of halogens is 4. The summed E-state index contributed by atoms with van der Waals surface area (Å²) in [6.07, 6.45) is -4.60. The van der Waals surface area contributed by atoms with Gasteiger partial charge in [0.25, 0.3) is 0 Å². The Morgan fingerprint density at radius 2 is 1.93 bits per heavy atom. The number of thiophene rings is 1. The van der Waals surface area contributed by atoms with Gasteiger partial charge in [0.15, 0.2) is 5.16 Å². The highest BCUT2D eigenvalue weighted by Crippen LogP contribution is 2.33. The summed E-state index contributed by atoms with van der Waals surface area (Å²) in [6.45, 7) is 0.292. The summed E-state index contributed by atoms with van der Waals surface area (Å²) in [6, 6.07) is 11.3. The van der Waals surface area contributed by atoms with Gasteiger partial charge in [-0.3, -0.25) is 4.79 Å². The zero-order valence-corrected chi connectivity index (χ0v) is 16.6. The lowest BCUT2D eigenvalue weighted by Crippen LogP contribution is -2.24. The quantitative estimate of drug-likeness (QED) is 0.415. The van der Waals surface area contributed by atoms with Crippen LogP contribution in [0.5, 0.6) is 0 Å². The molecule has 2 heterocycles. The van der Waals surface area contributed by atoms with Crippen LogP contribution in [0.4, 0.5) is 13.2 Å². The zero-order valence-electron chi connectivity index (χ0n) is 14.2. The number of nitrogens with zero attached hydrogens (tertiary/aromatic N) is 2. The van der Waals surface area contributed by atoms with Gasteiger partial charge in [-0.2, -0.15) is 13.2 Å². The fraction of sp³-hybridized carbons (Fsp3) is 0.167. The first-order chi connectivity index (χ1) is 13.3. The highest BCUT2D eigenvalue weighted by Gasteiger charge is 2.34. The third kappa shape index (κ3) is 5.70. The van der Waals surface area contributed by atoms with Crippen LogP contribution in [-0.2, 0) is 17.5 Å². The summed E-state index contributed by atoms with van der Waals surface area (Å²) in [4.78, 5) is 20.3. The first-order valence-electron chi connectivity index (χ1n) is 7.95. The first kappa shape index (κ1) is 20.6. The lowest BCUT2D eigenvalue weighted by molar-refractivity contribution is -0.141. The Morgan fingerprint density at radius 1 is 1.18 bits per heavy atom. The van der Waals surface area contributed by atoms with Gasteiger partial charge in [-0.1, -0.05) is 41.6 Å². The van der Waals surface area contributed by atoms with Gasteiger partial charge in [0.2, 0.25) is 5.91 Å². The maximum atomic E-state index is 13.1. The van der Waals surface area contributed by atoms with E-state index in [0.717, 1.165) is 23.4 Å². The number of amides is 1. The van der Waals surface area contributed by atoms with Gasteiger partial charge in [0.1, 0.15) is 5.69 Å². The van der Waals surface area contributed by atoms with Crippen molar-refractivity contribution in [2.75, 3.05) is 5.75 Å². The van der Waals surface area contributed by atoms with E-state index in [0.29, 0.717) is 16.4 Å². The minimum Gasteiger partial charge on any atom is -0.351 e. The van der Waals surface area contributed by atoms with Crippen LogP contribution in [0.15, 0.2) is 53.0 Å². The molecule has 0 aliphatic heterocycles. The molecule has 0 unspecified atom stereocenters. The highest BCUT2D eigenvalue weighted by atomic mass is 35.5. The number of carbonyl (C=O) groups excluding carboxylic acids is 1. The Kier molecular flexibility index (Phi) is 6.58. The molecular weight excluding hydrogens is 431 g/mol. The Morgan fingerprint density at radius 3 is 2.57 bits per heavy atom. The fourth-order valence-electron chi connectivity index (χ4n) is 2.17. The normalized spacial score (nSPS) is 11.4. The summed E-state index contributed by atoms with van der Waals surface area (Å²) >= 11 is 7.94. The lowest BCUT2D eigenvalue weighted by atomic mass is 10.2. The van der Waals surface area contributed by atoms with Crippen LogP contribution < -0.4 is 5.32 Å². The van der Waals surface area contributed by atoms with Crippen LogP contribution in [0.1, 0.15) is 11.3 Å². The van der Waals surface area contributed by atoms with Gasteiger partial charge < -0.3 is 5.32 Å². The van der Waals surface area contributed by atoms with E-state index in [1.807, 2.05) is 0 Å². The number of hydrogen-bond donors (Lipinski definition) is 1. The zero-order chi connectivity index (χ0) is 20.1. The number of benzene rings is 1. The van der Waals surface area contributed by atoms with Crippen molar-refractivity contribution >= 4 is 40.6 Å². The summed E-state index contributed by atoms with van der Waals surface area (Å²) < 4.78 is 39.4. The van der Waals surface area contributed by atoms with Crippen LogP contribution in [0.25, 0.3) is 10.6 Å². The first-order valence-corrected chi connectivity index (χ1v) is 10.2. The van der Waals surface area contributed by atoms with Gasteiger partial charge in [0.05, 0.1) is 16.3 Å². The van der Waals surface area contributed by atoms with Gasteiger partial charge in [0, 0.05) is 11.6 Å². The van der Waals surface area contributed by atoms with Gasteiger partial charge in [-0.15, -0.1) is 11.3 Å². The maximum absolute atomic E-state index is 13.1. The monoisotopic (exact) mass is 443 g/mol. The van der Waals surface area contributed by atoms with E-state index in [1.165, 1.54) is 11.3 Å². The second-order valence-corrected chi connectivity index (χ2v) is 7.91. The summed E-state index contributed by atoms with van der Waals surface area (Å²) in [7, 11) is 0. The average Bonchev–Trinajstić information content (AvgIpc) is 3.20. The molecule has 0 saturated carbocycles. The minimum atomic E-state index is -4.60. The molecule has 4 nitrogen and oxygen atoms in total. The van der Waals surface area contributed by atoms with Crippen molar-refractivity contribution in [2.45, 2.75) is 17.9 Å². The van der Waals surface area contributed by atoms with Gasteiger partial charge in [-0.05, 0) is 35.2 Å². The molecule has 10 heteroatoms. The number of aromatic nitrogens is 2. The molecule has 28 heavy (non-hydrogen) atoms. The SMILES string of the molecule is O=C(CSc1nc(-c2cccs2)cc(C(F)(F)F)n1)NCc1ccc(Cl)cc1. The predicted molar refractivity (Wildman–Crippen MR) is 104 cm³/mol. The number of hydrogen-bond acceptors (Lipinski definition) is 5. The number of rotatable bonds is 6. The predicted octanol–water partition coefficient (Wildman–Crippen LogP) is 5.29. The van der Waals surface area contributed by atoms with Crippen molar-refractivity contribution in [3.8, 4) is 10.6 Å². The Balaban J connectivity index is 1.66. The van der Waals surface area contributed by atoms with E-state index in [4.69, 9.17) is 11.6 Å². The third-order valence-corrected chi connectivity index (χ3v) is 5.50. The van der Waals surface area contributed by atoms with Crippen molar-refractivity contribution in [3.05, 3.63) is 64.1 Å². The number of carbonyl (C=O) groups is 1. The molecule has 0 fully saturated rings. The number of thioether (sulfide) groups is 1. The average molecular weight is 444 g/mol. The summed E-state index contributed by atoms with van der Waals surface area (Å²) in [5.74, 6) is -0.433. The second kappa shape index (κ2) is 8.93. The minimum absolute atomic E-state index is 0.0973. The van der Waals surface area contributed by atoms with E-state index >= 15 is 0 Å². The van der Waals surface area contributed by atoms with E-state index < -0.39 is 11.9 Å². The van der Waals surface area contributed by atoms with E-state index in [2.05, 4.69) is 15.3 Å². The topological polar surface area (TPSA) is 54.9 Å². The molecule has 0 bridgehead atoms. The van der Waals surface area contributed by atoms with Crippen LogP contribution >= 0.6 is 34.7 Å². The molecule has 3 rings (SSSR count). The molecule has 0 aliphatic carbocycles. The molecule has 2 aromatic heterocycles. The standard InChI is InChI=1S/C18H13ClF3N3OS2/c19-12-5-3-11(4-6-12)9-23-16(26)10-28-17-24-13(14-2-1-7-27-14)8-15(25-17)18(20,21)22/h1-8H,9-10H2,(H,23,26). The maximum Gasteiger partial charge on any atom is 0.433 e. The van der Waals surface area contributed by atoms with Gasteiger partial charge in [-0.25, -0.2) is 9.97 Å². The second-order valence-electron chi connectivity index (χ2n) is 5.59. The van der Waals surface area contributed by atoms with E-state index in [-0.39, 0.29) is 22.5 Å². The van der Waals surface area contributed by atoms with Gasteiger partial charge >= 0.3 is 6.18 Å². The van der Waals surface area contributed by atoms with Crippen molar-refractivity contribution in [1.82, 2.24) is 15.3 Å².